The van der Waals surface area contributed by atoms with Crippen LogP contribution in [0.2, 0.25) is 0 Å². The maximum atomic E-state index is 10.2. The van der Waals surface area contributed by atoms with Gasteiger partial charge in [0.05, 0.1) is 0 Å². The molecule has 0 heterocycles. The molecule has 0 aliphatic heterocycles. The van der Waals surface area contributed by atoms with Crippen LogP contribution in [0.25, 0.3) is 0 Å². The van der Waals surface area contributed by atoms with Crippen LogP contribution in [-0.4, -0.2) is 12.2 Å². The summed E-state index contributed by atoms with van der Waals surface area (Å²) in [5.74, 6) is -0.197. The Balaban J connectivity index is 3.11. The van der Waals surface area contributed by atoms with Gasteiger partial charge < -0.3 is 10.1 Å². The van der Waals surface area contributed by atoms with Gasteiger partial charge >= 0.3 is 0 Å². The molecule has 1 N–H and O–H groups in total. The van der Waals surface area contributed by atoms with Crippen LogP contribution in [-0.2, 0) is 9.59 Å². The van der Waals surface area contributed by atoms with Crippen LogP contribution in [0.5, 0.6) is 0 Å². The van der Waals surface area contributed by atoms with Crippen molar-refractivity contribution < 1.29 is 9.59 Å². The SMILES string of the molecule is [CH2]NC(=O)CCC=O. The van der Waals surface area contributed by atoms with Gasteiger partial charge in [-0.2, -0.15) is 0 Å². The number of carbonyl (C=O) groups excluding carboxylic acids is 2. The molecule has 0 rings (SSSR count). The lowest BCUT2D eigenvalue weighted by Crippen LogP contribution is -2.14. The molecule has 0 aliphatic rings. The minimum absolute atomic E-state index is 0.197. The Morgan fingerprint density at radius 2 is 2.38 bits per heavy atom. The quantitative estimate of drug-likeness (QED) is 0.519. The number of carbonyl (C=O) groups is 2. The third-order valence-corrected chi connectivity index (χ3v) is 0.686. The normalized spacial score (nSPS) is 8.12. The molecule has 0 spiro atoms. The van der Waals surface area contributed by atoms with Gasteiger partial charge in [-0.25, -0.2) is 0 Å². The molecule has 0 saturated heterocycles. The Labute approximate surface area is 48.1 Å². The second-order valence-corrected chi connectivity index (χ2v) is 1.31. The van der Waals surface area contributed by atoms with Gasteiger partial charge in [0.25, 0.3) is 0 Å². The summed E-state index contributed by atoms with van der Waals surface area (Å²) < 4.78 is 0. The van der Waals surface area contributed by atoms with Crippen molar-refractivity contribution in [2.75, 3.05) is 0 Å². The average molecular weight is 114 g/mol. The number of hydrogen-bond acceptors (Lipinski definition) is 2. The Bertz CT molecular complexity index is 90.4. The first-order chi connectivity index (χ1) is 3.81. The van der Waals surface area contributed by atoms with Crippen molar-refractivity contribution >= 4 is 12.2 Å². The van der Waals surface area contributed by atoms with Crippen LogP contribution in [0.4, 0.5) is 0 Å². The van der Waals surface area contributed by atoms with E-state index in [4.69, 9.17) is 0 Å². The third kappa shape index (κ3) is 3.33. The van der Waals surface area contributed by atoms with E-state index in [1.165, 1.54) is 0 Å². The minimum Gasteiger partial charge on any atom is -0.354 e. The van der Waals surface area contributed by atoms with E-state index < -0.39 is 0 Å². The van der Waals surface area contributed by atoms with E-state index in [2.05, 4.69) is 12.4 Å². The number of amides is 1. The lowest BCUT2D eigenvalue weighted by molar-refractivity contribution is -0.121. The maximum Gasteiger partial charge on any atom is 0.220 e. The second-order valence-electron chi connectivity index (χ2n) is 1.31. The maximum absolute atomic E-state index is 10.2. The summed E-state index contributed by atoms with van der Waals surface area (Å²) in [6.07, 6.45) is 1.23. The summed E-state index contributed by atoms with van der Waals surface area (Å²) in [6, 6.07) is 0. The molecule has 1 amide bonds. The first-order valence-corrected chi connectivity index (χ1v) is 2.31. The highest BCUT2D eigenvalue weighted by Gasteiger charge is 1.93. The van der Waals surface area contributed by atoms with Gasteiger partial charge in [0.2, 0.25) is 5.91 Å². The third-order valence-electron chi connectivity index (χ3n) is 0.686. The van der Waals surface area contributed by atoms with Gasteiger partial charge in [-0.1, -0.05) is 0 Å². The molecular weight excluding hydrogens is 106 g/mol. The molecule has 0 aromatic rings. The minimum atomic E-state index is -0.197. The Morgan fingerprint density at radius 3 is 2.75 bits per heavy atom. The van der Waals surface area contributed by atoms with E-state index >= 15 is 0 Å². The van der Waals surface area contributed by atoms with Crippen molar-refractivity contribution in [3.05, 3.63) is 7.05 Å². The summed E-state index contributed by atoms with van der Waals surface area (Å²) >= 11 is 0. The van der Waals surface area contributed by atoms with Crippen molar-refractivity contribution in [1.82, 2.24) is 5.32 Å². The van der Waals surface area contributed by atoms with Gasteiger partial charge in [0.1, 0.15) is 6.29 Å². The monoisotopic (exact) mass is 114 g/mol. The fraction of sp³-hybridized carbons (Fsp3) is 0.400. The molecule has 0 atom stereocenters. The van der Waals surface area contributed by atoms with Crippen LogP contribution >= 0.6 is 0 Å². The molecule has 0 aromatic heterocycles. The topological polar surface area (TPSA) is 46.2 Å². The zero-order chi connectivity index (χ0) is 6.41. The Morgan fingerprint density at radius 1 is 1.75 bits per heavy atom. The molecule has 0 fully saturated rings. The van der Waals surface area contributed by atoms with E-state index in [1.807, 2.05) is 0 Å². The summed E-state index contributed by atoms with van der Waals surface area (Å²) in [5, 5.41) is 2.15. The van der Waals surface area contributed by atoms with Crippen molar-refractivity contribution in [3.8, 4) is 0 Å². The van der Waals surface area contributed by atoms with Crippen LogP contribution in [0.1, 0.15) is 12.8 Å². The predicted octanol–water partition coefficient (Wildman–Crippen LogP) is -0.127. The second kappa shape index (κ2) is 4.30. The number of rotatable bonds is 3. The summed E-state index contributed by atoms with van der Waals surface area (Å²) in [5.41, 5.74) is 0. The Kier molecular flexibility index (Phi) is 3.84. The first-order valence-electron chi connectivity index (χ1n) is 2.31. The smallest absolute Gasteiger partial charge is 0.220 e. The van der Waals surface area contributed by atoms with E-state index in [0.29, 0.717) is 6.29 Å². The zero-order valence-electron chi connectivity index (χ0n) is 4.52. The van der Waals surface area contributed by atoms with Gasteiger partial charge in [-0.15, -0.1) is 0 Å². The molecule has 1 radical (unpaired) electrons. The van der Waals surface area contributed by atoms with E-state index in [0.717, 1.165) is 0 Å². The number of hydrogen-bond donors (Lipinski definition) is 1. The van der Waals surface area contributed by atoms with Gasteiger partial charge in [-0.05, 0) is 0 Å². The average Bonchev–Trinajstić information content (AvgIpc) is 1.83. The highest BCUT2D eigenvalue weighted by molar-refractivity contribution is 5.78. The molecule has 45 valence electrons. The number of aldehydes is 1. The van der Waals surface area contributed by atoms with Crippen molar-refractivity contribution in [2.45, 2.75) is 12.8 Å². The van der Waals surface area contributed by atoms with Gasteiger partial charge in [0.15, 0.2) is 0 Å². The highest BCUT2D eigenvalue weighted by Crippen LogP contribution is 1.81. The van der Waals surface area contributed by atoms with Crippen molar-refractivity contribution in [2.24, 2.45) is 0 Å². The van der Waals surface area contributed by atoms with Crippen LogP contribution in [0, 0.1) is 7.05 Å². The lowest BCUT2D eigenvalue weighted by atomic mass is 10.3. The predicted molar refractivity (Wildman–Crippen MR) is 28.8 cm³/mol. The van der Waals surface area contributed by atoms with E-state index in [9.17, 15) is 9.59 Å². The summed E-state index contributed by atoms with van der Waals surface area (Å²) in [6.45, 7) is 0. The molecule has 0 aromatic carbocycles. The van der Waals surface area contributed by atoms with E-state index in [-0.39, 0.29) is 18.7 Å². The fourth-order valence-electron chi connectivity index (χ4n) is 0.278. The van der Waals surface area contributed by atoms with Gasteiger partial charge in [-0.3, -0.25) is 4.79 Å². The molecular formula is C5H8NO2. The van der Waals surface area contributed by atoms with Gasteiger partial charge in [0, 0.05) is 19.9 Å². The first kappa shape index (κ1) is 7.14. The van der Waals surface area contributed by atoms with Crippen molar-refractivity contribution in [1.29, 1.82) is 0 Å². The van der Waals surface area contributed by atoms with Crippen molar-refractivity contribution in [3.63, 3.8) is 0 Å². The molecule has 8 heavy (non-hydrogen) atoms. The standard InChI is InChI=1S/C5H8NO2/c1-6-5(8)3-2-4-7/h4H,1-3H2,(H,6,8). The van der Waals surface area contributed by atoms with E-state index in [1.54, 1.807) is 0 Å². The van der Waals surface area contributed by atoms with Crippen LogP contribution in [0.15, 0.2) is 0 Å². The highest BCUT2D eigenvalue weighted by atomic mass is 16.1. The fourth-order valence-corrected chi connectivity index (χ4v) is 0.278. The largest absolute Gasteiger partial charge is 0.354 e. The Hall–Kier alpha value is -0.860. The molecule has 0 unspecified atom stereocenters. The molecule has 0 saturated carbocycles. The molecule has 0 bridgehead atoms. The number of nitrogens with one attached hydrogen (secondary N) is 1. The molecule has 3 heteroatoms. The summed E-state index contributed by atoms with van der Waals surface area (Å²) in [4.78, 5) is 19.9. The summed E-state index contributed by atoms with van der Waals surface area (Å²) in [7, 11) is 3.12. The molecule has 0 aliphatic carbocycles. The molecule has 3 nitrogen and oxygen atoms in total. The van der Waals surface area contributed by atoms with Crippen LogP contribution < -0.4 is 5.32 Å². The lowest BCUT2D eigenvalue weighted by Gasteiger charge is -1.90. The van der Waals surface area contributed by atoms with Crippen LogP contribution in [0.3, 0.4) is 0 Å². The zero-order valence-corrected chi connectivity index (χ0v) is 4.52.